The fourth-order valence-corrected chi connectivity index (χ4v) is 3.63. The highest BCUT2D eigenvalue weighted by Gasteiger charge is 2.29. The standard InChI is InChI=1S/C22H30N4O2/c1-22(2,3)26-19(12-13-23-26)20(27)24-18(16-17-10-6-4-7-11-17)21(28)25-14-8-5-9-15-25/h4,6-7,10-13,18H,5,8-9,14-16H2,1-3H3,(H,24,27). The average molecular weight is 383 g/mol. The van der Waals surface area contributed by atoms with Crippen molar-refractivity contribution in [3.05, 3.63) is 53.9 Å². The van der Waals surface area contributed by atoms with Crippen molar-refractivity contribution in [2.24, 2.45) is 0 Å². The molecule has 1 fully saturated rings. The zero-order valence-corrected chi connectivity index (χ0v) is 17.0. The van der Waals surface area contributed by atoms with Crippen LogP contribution in [0.2, 0.25) is 0 Å². The first kappa shape index (κ1) is 20.1. The molecule has 2 heterocycles. The molecule has 1 atom stereocenters. The molecule has 6 heteroatoms. The summed E-state index contributed by atoms with van der Waals surface area (Å²) in [5.74, 6) is -0.266. The summed E-state index contributed by atoms with van der Waals surface area (Å²) >= 11 is 0. The van der Waals surface area contributed by atoms with E-state index in [0.717, 1.165) is 37.9 Å². The number of piperidine rings is 1. The van der Waals surface area contributed by atoms with Crippen LogP contribution in [0.5, 0.6) is 0 Å². The molecule has 2 amide bonds. The first-order chi connectivity index (χ1) is 13.4. The molecule has 0 spiro atoms. The molecule has 1 aliphatic rings. The minimum atomic E-state index is -0.587. The van der Waals surface area contributed by atoms with E-state index in [4.69, 9.17) is 0 Å². The van der Waals surface area contributed by atoms with Crippen LogP contribution in [0.25, 0.3) is 0 Å². The number of benzene rings is 1. The summed E-state index contributed by atoms with van der Waals surface area (Å²) < 4.78 is 1.70. The Morgan fingerprint density at radius 2 is 1.75 bits per heavy atom. The van der Waals surface area contributed by atoms with Gasteiger partial charge in [0.05, 0.1) is 5.54 Å². The van der Waals surface area contributed by atoms with E-state index in [2.05, 4.69) is 10.4 Å². The van der Waals surface area contributed by atoms with E-state index in [1.54, 1.807) is 16.9 Å². The van der Waals surface area contributed by atoms with Gasteiger partial charge in [0.15, 0.2) is 0 Å². The van der Waals surface area contributed by atoms with E-state index in [-0.39, 0.29) is 17.4 Å². The largest absolute Gasteiger partial charge is 0.341 e. The predicted molar refractivity (Wildman–Crippen MR) is 109 cm³/mol. The van der Waals surface area contributed by atoms with Crippen LogP contribution in [-0.4, -0.2) is 45.6 Å². The fraction of sp³-hybridized carbons (Fsp3) is 0.500. The molecule has 1 saturated heterocycles. The van der Waals surface area contributed by atoms with Crippen LogP contribution in [-0.2, 0) is 16.8 Å². The second kappa shape index (κ2) is 8.59. The molecule has 1 aliphatic heterocycles. The Kier molecular flexibility index (Phi) is 6.17. The van der Waals surface area contributed by atoms with Gasteiger partial charge in [-0.15, -0.1) is 0 Å². The number of amides is 2. The van der Waals surface area contributed by atoms with Crippen molar-refractivity contribution in [3.8, 4) is 0 Å². The van der Waals surface area contributed by atoms with Gasteiger partial charge in [0, 0.05) is 25.7 Å². The maximum absolute atomic E-state index is 13.2. The van der Waals surface area contributed by atoms with Crippen LogP contribution in [0.4, 0.5) is 0 Å². The monoisotopic (exact) mass is 382 g/mol. The highest BCUT2D eigenvalue weighted by molar-refractivity contribution is 5.96. The topological polar surface area (TPSA) is 67.2 Å². The SMILES string of the molecule is CC(C)(C)n1nccc1C(=O)NC(Cc1ccccc1)C(=O)N1CCCCC1. The minimum Gasteiger partial charge on any atom is -0.341 e. The van der Waals surface area contributed by atoms with Gasteiger partial charge in [0.1, 0.15) is 11.7 Å². The molecule has 28 heavy (non-hydrogen) atoms. The Bertz CT molecular complexity index is 801. The van der Waals surface area contributed by atoms with Gasteiger partial charge in [-0.1, -0.05) is 30.3 Å². The second-order valence-corrected chi connectivity index (χ2v) is 8.40. The summed E-state index contributed by atoms with van der Waals surface area (Å²) in [6, 6.07) is 10.9. The molecule has 2 aromatic rings. The number of rotatable bonds is 5. The number of hydrogen-bond donors (Lipinski definition) is 1. The highest BCUT2D eigenvalue weighted by atomic mass is 16.2. The zero-order valence-electron chi connectivity index (χ0n) is 17.0. The molecular formula is C22H30N4O2. The lowest BCUT2D eigenvalue weighted by Gasteiger charge is -2.31. The fourth-order valence-electron chi connectivity index (χ4n) is 3.63. The molecule has 0 bridgehead atoms. The zero-order chi connectivity index (χ0) is 20.1. The van der Waals surface area contributed by atoms with Crippen LogP contribution in [0.3, 0.4) is 0 Å². The van der Waals surface area contributed by atoms with Crippen molar-refractivity contribution in [2.75, 3.05) is 13.1 Å². The van der Waals surface area contributed by atoms with Gasteiger partial charge in [-0.3, -0.25) is 14.3 Å². The predicted octanol–water partition coefficient (Wildman–Crippen LogP) is 2.99. The van der Waals surface area contributed by atoms with E-state index in [1.807, 2.05) is 56.0 Å². The van der Waals surface area contributed by atoms with Gasteiger partial charge < -0.3 is 10.2 Å². The number of nitrogens with one attached hydrogen (secondary N) is 1. The number of likely N-dealkylation sites (tertiary alicyclic amines) is 1. The van der Waals surface area contributed by atoms with Gasteiger partial charge in [-0.25, -0.2) is 0 Å². The number of hydrogen-bond acceptors (Lipinski definition) is 3. The van der Waals surface area contributed by atoms with Crippen LogP contribution in [0.1, 0.15) is 56.1 Å². The normalized spacial score (nSPS) is 15.9. The summed E-state index contributed by atoms with van der Waals surface area (Å²) in [5.41, 5.74) is 1.18. The first-order valence-electron chi connectivity index (χ1n) is 10.0. The lowest BCUT2D eigenvalue weighted by atomic mass is 10.0. The summed E-state index contributed by atoms with van der Waals surface area (Å²) in [4.78, 5) is 28.1. The molecule has 1 aromatic heterocycles. The Balaban J connectivity index is 1.81. The molecule has 0 radical (unpaired) electrons. The van der Waals surface area contributed by atoms with E-state index >= 15 is 0 Å². The Hall–Kier alpha value is -2.63. The van der Waals surface area contributed by atoms with Crippen LogP contribution in [0.15, 0.2) is 42.6 Å². The molecule has 0 saturated carbocycles. The third kappa shape index (κ3) is 4.80. The third-order valence-corrected chi connectivity index (χ3v) is 5.06. The van der Waals surface area contributed by atoms with Gasteiger partial charge in [-0.2, -0.15) is 5.10 Å². The van der Waals surface area contributed by atoms with Gasteiger partial charge in [0.25, 0.3) is 5.91 Å². The first-order valence-corrected chi connectivity index (χ1v) is 10.0. The Morgan fingerprint density at radius 1 is 1.07 bits per heavy atom. The molecule has 1 N–H and O–H groups in total. The van der Waals surface area contributed by atoms with Crippen molar-refractivity contribution in [3.63, 3.8) is 0 Å². The smallest absolute Gasteiger partial charge is 0.270 e. The summed E-state index contributed by atoms with van der Waals surface area (Å²) in [6.45, 7) is 7.52. The Labute approximate surface area is 166 Å². The van der Waals surface area contributed by atoms with Gasteiger partial charge in [-0.05, 0) is 51.7 Å². The number of aromatic nitrogens is 2. The molecular weight excluding hydrogens is 352 g/mol. The number of nitrogens with zero attached hydrogens (tertiary/aromatic N) is 3. The number of carbonyl (C=O) groups is 2. The van der Waals surface area contributed by atoms with E-state index in [9.17, 15) is 9.59 Å². The molecule has 1 unspecified atom stereocenters. The van der Waals surface area contributed by atoms with Crippen molar-refractivity contribution in [1.29, 1.82) is 0 Å². The van der Waals surface area contributed by atoms with Crippen molar-refractivity contribution in [2.45, 2.75) is 58.0 Å². The quantitative estimate of drug-likeness (QED) is 0.864. The summed E-state index contributed by atoms with van der Waals surface area (Å²) in [7, 11) is 0. The van der Waals surface area contributed by atoms with Gasteiger partial charge in [0.2, 0.25) is 5.91 Å². The number of carbonyl (C=O) groups excluding carboxylic acids is 2. The Morgan fingerprint density at radius 3 is 2.39 bits per heavy atom. The van der Waals surface area contributed by atoms with Crippen molar-refractivity contribution >= 4 is 11.8 Å². The van der Waals surface area contributed by atoms with E-state index in [1.165, 1.54) is 0 Å². The lowest BCUT2D eigenvalue weighted by molar-refractivity contribution is -0.134. The van der Waals surface area contributed by atoms with Crippen molar-refractivity contribution < 1.29 is 9.59 Å². The molecule has 150 valence electrons. The summed E-state index contributed by atoms with van der Waals surface area (Å²) in [5, 5.41) is 7.28. The van der Waals surface area contributed by atoms with Crippen molar-refractivity contribution in [1.82, 2.24) is 20.0 Å². The highest BCUT2D eigenvalue weighted by Crippen LogP contribution is 2.17. The summed E-state index contributed by atoms with van der Waals surface area (Å²) in [6.07, 6.45) is 5.30. The van der Waals surface area contributed by atoms with E-state index in [0.29, 0.717) is 12.1 Å². The van der Waals surface area contributed by atoms with E-state index < -0.39 is 6.04 Å². The average Bonchev–Trinajstić information content (AvgIpc) is 3.19. The molecule has 3 rings (SSSR count). The molecule has 6 nitrogen and oxygen atoms in total. The minimum absolute atomic E-state index is 0.00118. The van der Waals surface area contributed by atoms with Crippen LogP contribution >= 0.6 is 0 Å². The maximum Gasteiger partial charge on any atom is 0.270 e. The van der Waals surface area contributed by atoms with Crippen LogP contribution in [0, 0.1) is 0 Å². The maximum atomic E-state index is 13.2. The second-order valence-electron chi connectivity index (χ2n) is 8.40. The third-order valence-electron chi connectivity index (χ3n) is 5.06. The molecule has 0 aliphatic carbocycles. The lowest BCUT2D eigenvalue weighted by Crippen LogP contribution is -2.51. The van der Waals surface area contributed by atoms with Crippen LogP contribution < -0.4 is 5.32 Å². The molecule has 1 aromatic carbocycles. The van der Waals surface area contributed by atoms with Gasteiger partial charge >= 0.3 is 0 Å².